The topological polar surface area (TPSA) is 339 Å². The number of amides is 5. The predicted octanol–water partition coefficient (Wildman–Crippen LogP) is -5.48. The average Bonchev–Trinajstić information content (AvgIpc) is 2.77. The number of nitrogens with two attached hydrogens (primary N) is 5. The zero-order valence-corrected chi connectivity index (χ0v) is 19.8. The molecular weight excluding hydrogens is 498 g/mol. The van der Waals surface area contributed by atoms with E-state index in [9.17, 15) is 33.6 Å². The molecule has 0 aromatic rings. The van der Waals surface area contributed by atoms with Gasteiger partial charge in [-0.05, 0) is 19.3 Å². The third-order valence-corrected chi connectivity index (χ3v) is 4.64. The van der Waals surface area contributed by atoms with Crippen LogP contribution in [0.3, 0.4) is 0 Å². The average molecular weight is 532 g/mol. The molecule has 0 aromatic carbocycles. The molecule has 0 aliphatic heterocycles. The van der Waals surface area contributed by atoms with E-state index < -0.39 is 84.9 Å². The second-order valence-electron chi connectivity index (χ2n) is 7.85. The van der Waals surface area contributed by atoms with Gasteiger partial charge in [-0.2, -0.15) is 0 Å². The lowest BCUT2D eigenvalue weighted by Gasteiger charge is -2.24. The van der Waals surface area contributed by atoms with Crippen LogP contribution in [0.5, 0.6) is 0 Å². The summed E-state index contributed by atoms with van der Waals surface area (Å²) in [5, 5.41) is 24.4. The lowest BCUT2D eigenvalue weighted by molar-refractivity contribution is -0.144. The Morgan fingerprint density at radius 3 is 1.68 bits per heavy atom. The number of nitrogens with zero attached hydrogens (tertiary/aromatic N) is 1. The van der Waals surface area contributed by atoms with Crippen LogP contribution < -0.4 is 44.6 Å². The van der Waals surface area contributed by atoms with Crippen LogP contribution in [0.25, 0.3) is 0 Å². The highest BCUT2D eigenvalue weighted by molar-refractivity contribution is 5.96. The Labute approximate surface area is 210 Å². The summed E-state index contributed by atoms with van der Waals surface area (Å²) >= 11 is 0. The predicted molar refractivity (Wildman–Crippen MR) is 126 cm³/mol. The van der Waals surface area contributed by atoms with Crippen molar-refractivity contribution in [1.82, 2.24) is 16.0 Å². The molecule has 18 nitrogen and oxygen atoms in total. The molecule has 0 aromatic heterocycles. The fourth-order valence-corrected chi connectivity index (χ4v) is 2.82. The normalized spacial score (nSPS) is 13.6. The van der Waals surface area contributed by atoms with Crippen molar-refractivity contribution in [3.05, 3.63) is 0 Å². The van der Waals surface area contributed by atoms with E-state index >= 15 is 0 Å². The largest absolute Gasteiger partial charge is 0.481 e. The number of hydrogen-bond acceptors (Lipinski definition) is 9. The molecule has 18 heteroatoms. The first-order valence-corrected chi connectivity index (χ1v) is 10.9. The van der Waals surface area contributed by atoms with Crippen molar-refractivity contribution in [3.63, 3.8) is 0 Å². The first-order valence-electron chi connectivity index (χ1n) is 10.9. The summed E-state index contributed by atoms with van der Waals surface area (Å²) in [5.41, 5.74) is 26.2. The van der Waals surface area contributed by atoms with Gasteiger partial charge in [0.1, 0.15) is 18.1 Å². The first kappa shape index (κ1) is 32.5. The quantitative estimate of drug-likeness (QED) is 0.0449. The zero-order chi connectivity index (χ0) is 28.7. The molecule has 0 heterocycles. The zero-order valence-electron chi connectivity index (χ0n) is 19.8. The number of aliphatic imine (C=N–C) groups is 1. The molecule has 0 saturated heterocycles. The number of carbonyl (C=O) groups excluding carboxylic acids is 5. The van der Waals surface area contributed by atoms with Crippen molar-refractivity contribution in [1.29, 1.82) is 0 Å². The van der Waals surface area contributed by atoms with Crippen molar-refractivity contribution in [2.75, 3.05) is 6.54 Å². The van der Waals surface area contributed by atoms with Gasteiger partial charge < -0.3 is 54.8 Å². The molecule has 5 amide bonds. The van der Waals surface area contributed by atoms with E-state index in [4.69, 9.17) is 38.9 Å². The summed E-state index contributed by atoms with van der Waals surface area (Å²) in [7, 11) is 0. The van der Waals surface area contributed by atoms with E-state index in [-0.39, 0.29) is 31.8 Å². The molecule has 0 bridgehead atoms. The maximum absolute atomic E-state index is 12.9. The van der Waals surface area contributed by atoms with E-state index in [0.717, 1.165) is 0 Å². The molecule has 0 fully saturated rings. The number of hydrogen-bond donors (Lipinski definition) is 10. The molecule has 0 spiro atoms. The molecule has 0 aliphatic carbocycles. The summed E-state index contributed by atoms with van der Waals surface area (Å²) in [5.74, 6) is -8.09. The Balaban J connectivity index is 5.65. The van der Waals surface area contributed by atoms with Crippen LogP contribution >= 0.6 is 0 Å². The SMILES string of the molecule is NC(=O)CC(NC(=O)C(CC(N)=O)NC(=O)C(CCCN=C(N)N)NC(=O)C(N)CCC(=O)O)C(=O)O. The third kappa shape index (κ3) is 14.5. The number of nitrogens with one attached hydrogen (secondary N) is 3. The van der Waals surface area contributed by atoms with E-state index in [1.165, 1.54) is 0 Å². The number of guanidine groups is 1. The van der Waals surface area contributed by atoms with Crippen molar-refractivity contribution in [3.8, 4) is 0 Å². The van der Waals surface area contributed by atoms with Crippen molar-refractivity contribution in [2.24, 2.45) is 33.7 Å². The molecule has 0 aliphatic rings. The Morgan fingerprint density at radius 1 is 0.703 bits per heavy atom. The first-order chi connectivity index (χ1) is 17.1. The summed E-state index contributed by atoms with van der Waals surface area (Å²) in [6.45, 7) is 0.0612. The van der Waals surface area contributed by atoms with E-state index in [2.05, 4.69) is 15.6 Å². The maximum Gasteiger partial charge on any atom is 0.326 e. The van der Waals surface area contributed by atoms with Gasteiger partial charge in [0, 0.05) is 13.0 Å². The number of carboxylic acid groups (broad SMARTS) is 2. The molecule has 4 atom stereocenters. The van der Waals surface area contributed by atoms with Crippen molar-refractivity contribution >= 4 is 47.4 Å². The van der Waals surface area contributed by atoms with E-state index in [1.807, 2.05) is 5.32 Å². The number of rotatable bonds is 18. The highest BCUT2D eigenvalue weighted by Crippen LogP contribution is 2.04. The smallest absolute Gasteiger partial charge is 0.326 e. The van der Waals surface area contributed by atoms with Gasteiger partial charge in [0.2, 0.25) is 29.5 Å². The Hall–Kier alpha value is -4.48. The van der Waals surface area contributed by atoms with Gasteiger partial charge in [-0.25, -0.2) is 4.79 Å². The second kappa shape index (κ2) is 16.2. The second-order valence-corrected chi connectivity index (χ2v) is 7.85. The highest BCUT2D eigenvalue weighted by Gasteiger charge is 2.31. The number of primary amides is 2. The summed E-state index contributed by atoms with van der Waals surface area (Å²) in [6.07, 6.45) is -2.08. The monoisotopic (exact) mass is 531 g/mol. The van der Waals surface area contributed by atoms with Gasteiger partial charge in [-0.1, -0.05) is 0 Å². The standard InChI is InChI=1S/C19H33N9O9/c20-8(3-4-14(31)32)15(33)26-9(2-1-5-25-19(23)24)16(34)27-10(6-12(21)29)17(35)28-11(18(36)37)7-13(22)30/h8-11H,1-7,20H2,(H2,21,29)(H2,22,30)(H,26,33)(H,27,34)(H,28,35)(H,31,32)(H,36,37)(H4,23,24,25). The van der Waals surface area contributed by atoms with Crippen LogP contribution in [-0.2, 0) is 33.6 Å². The van der Waals surface area contributed by atoms with E-state index in [1.54, 1.807) is 0 Å². The number of aliphatic carboxylic acids is 2. The third-order valence-electron chi connectivity index (χ3n) is 4.64. The summed E-state index contributed by atoms with van der Waals surface area (Å²) < 4.78 is 0. The molecule has 0 saturated carbocycles. The lowest BCUT2D eigenvalue weighted by Crippen LogP contribution is -2.58. The molecule has 208 valence electrons. The maximum atomic E-state index is 12.9. The van der Waals surface area contributed by atoms with Gasteiger partial charge in [-0.3, -0.25) is 33.8 Å². The molecule has 37 heavy (non-hydrogen) atoms. The van der Waals surface area contributed by atoms with Crippen molar-refractivity contribution < 1.29 is 43.8 Å². The summed E-state index contributed by atoms with van der Waals surface area (Å²) in [6, 6.07) is -6.06. The number of carbonyl (C=O) groups is 7. The Kier molecular flexibility index (Phi) is 14.3. The van der Waals surface area contributed by atoms with Gasteiger partial charge in [-0.15, -0.1) is 0 Å². The Morgan fingerprint density at radius 2 is 1.19 bits per heavy atom. The molecule has 0 rings (SSSR count). The van der Waals surface area contributed by atoms with Crippen LogP contribution in [0.4, 0.5) is 0 Å². The molecule has 15 N–H and O–H groups in total. The van der Waals surface area contributed by atoms with Gasteiger partial charge in [0.05, 0.1) is 18.9 Å². The van der Waals surface area contributed by atoms with Crippen LogP contribution in [-0.4, -0.2) is 88.4 Å². The van der Waals surface area contributed by atoms with Crippen LogP contribution in [0.1, 0.15) is 38.5 Å². The van der Waals surface area contributed by atoms with E-state index in [0.29, 0.717) is 0 Å². The van der Waals surface area contributed by atoms with Gasteiger partial charge in [0.15, 0.2) is 5.96 Å². The minimum atomic E-state index is -1.75. The fraction of sp³-hybridized carbons (Fsp3) is 0.579. The fourth-order valence-electron chi connectivity index (χ4n) is 2.82. The molecule has 4 unspecified atom stereocenters. The highest BCUT2D eigenvalue weighted by atomic mass is 16.4. The molecular formula is C19H33N9O9. The number of carboxylic acids is 2. The minimum Gasteiger partial charge on any atom is -0.481 e. The van der Waals surface area contributed by atoms with Crippen molar-refractivity contribution in [2.45, 2.75) is 62.7 Å². The minimum absolute atomic E-state index is 0.0612. The van der Waals surface area contributed by atoms with Crippen LogP contribution in [0.15, 0.2) is 4.99 Å². The van der Waals surface area contributed by atoms with Crippen LogP contribution in [0, 0.1) is 0 Å². The Bertz CT molecular complexity index is 905. The van der Waals surface area contributed by atoms with Gasteiger partial charge in [0.25, 0.3) is 0 Å². The van der Waals surface area contributed by atoms with Crippen LogP contribution in [0.2, 0.25) is 0 Å². The summed E-state index contributed by atoms with van der Waals surface area (Å²) in [4.78, 5) is 86.2. The van der Waals surface area contributed by atoms with Gasteiger partial charge >= 0.3 is 11.9 Å². The lowest BCUT2D eigenvalue weighted by atomic mass is 10.1. The molecule has 0 radical (unpaired) electrons.